The molecule has 0 rings (SSSR count). The Morgan fingerprint density at radius 2 is 1.73 bits per heavy atom. The molecule has 0 bridgehead atoms. The summed E-state index contributed by atoms with van der Waals surface area (Å²) in [6.07, 6.45) is -0.718. The van der Waals surface area contributed by atoms with E-state index in [9.17, 15) is 9.59 Å². The molecule has 0 aliphatic heterocycles. The third kappa shape index (κ3) is 3.60. The Bertz CT molecular complexity index is 169. The zero-order valence-corrected chi connectivity index (χ0v) is 7.22. The Hall–Kier alpha value is -1.06. The van der Waals surface area contributed by atoms with Crippen LogP contribution < -0.4 is 5.32 Å². The molecule has 0 spiro atoms. The van der Waals surface area contributed by atoms with Crippen LogP contribution in [0.4, 0.5) is 4.79 Å². The van der Waals surface area contributed by atoms with Crippen LogP contribution >= 0.6 is 0 Å². The number of alkyl carbamates (subject to hydrolysis) is 1. The van der Waals surface area contributed by atoms with Crippen molar-refractivity contribution in [3.63, 3.8) is 0 Å². The number of rotatable bonds is 0. The van der Waals surface area contributed by atoms with Gasteiger partial charge in [-0.1, -0.05) is 20.8 Å². The Balaban J connectivity index is 3.99. The van der Waals surface area contributed by atoms with Gasteiger partial charge in [-0.2, -0.15) is 0 Å². The maximum atomic E-state index is 11.0. The first kappa shape index (κ1) is 9.94. The molecule has 0 radical (unpaired) electrons. The van der Waals surface area contributed by atoms with Crippen molar-refractivity contribution >= 4 is 12.0 Å². The second kappa shape index (κ2) is 3.37. The van der Waals surface area contributed by atoms with Crippen LogP contribution in [-0.4, -0.2) is 19.1 Å². The molecule has 0 atom stereocenters. The molecule has 11 heavy (non-hydrogen) atoms. The summed E-state index contributed by atoms with van der Waals surface area (Å²) in [5, 5.41) is 2.07. The van der Waals surface area contributed by atoms with Gasteiger partial charge >= 0.3 is 6.09 Å². The van der Waals surface area contributed by atoms with E-state index in [2.05, 4.69) is 10.1 Å². The van der Waals surface area contributed by atoms with E-state index in [1.165, 1.54) is 7.11 Å². The van der Waals surface area contributed by atoms with E-state index >= 15 is 0 Å². The largest absolute Gasteiger partial charge is 0.453 e. The van der Waals surface area contributed by atoms with Gasteiger partial charge in [0, 0.05) is 5.41 Å². The van der Waals surface area contributed by atoms with Crippen molar-refractivity contribution in [2.75, 3.05) is 7.11 Å². The minimum Gasteiger partial charge on any atom is -0.453 e. The first-order valence-corrected chi connectivity index (χ1v) is 3.27. The van der Waals surface area contributed by atoms with Gasteiger partial charge in [0.25, 0.3) is 0 Å². The fraction of sp³-hybridized carbons (Fsp3) is 0.714. The van der Waals surface area contributed by atoms with E-state index in [-0.39, 0.29) is 5.91 Å². The standard InChI is InChI=1S/C7H13NO3/c1-7(2,3)5(9)8-6(10)11-4/h1-4H3,(H,8,9,10). The van der Waals surface area contributed by atoms with Gasteiger partial charge in [-0.3, -0.25) is 10.1 Å². The van der Waals surface area contributed by atoms with Gasteiger partial charge in [-0.05, 0) is 0 Å². The number of hydrogen-bond acceptors (Lipinski definition) is 3. The van der Waals surface area contributed by atoms with Crippen LogP contribution in [0.25, 0.3) is 0 Å². The number of imide groups is 1. The van der Waals surface area contributed by atoms with E-state index in [4.69, 9.17) is 0 Å². The molecule has 0 aromatic rings. The number of nitrogens with one attached hydrogen (secondary N) is 1. The smallest absolute Gasteiger partial charge is 0.413 e. The predicted octanol–water partition coefficient (Wildman–Crippen LogP) is 0.915. The molecule has 4 nitrogen and oxygen atoms in total. The van der Waals surface area contributed by atoms with Crippen molar-refractivity contribution in [1.82, 2.24) is 5.32 Å². The molecule has 2 amide bonds. The van der Waals surface area contributed by atoms with Gasteiger partial charge in [-0.15, -0.1) is 0 Å². The summed E-state index contributed by atoms with van der Waals surface area (Å²) in [4.78, 5) is 21.5. The van der Waals surface area contributed by atoms with E-state index in [0.717, 1.165) is 0 Å². The zero-order chi connectivity index (χ0) is 9.07. The summed E-state index contributed by atoms with van der Waals surface area (Å²) >= 11 is 0. The molecule has 0 saturated carbocycles. The highest BCUT2D eigenvalue weighted by molar-refractivity contribution is 5.94. The molecule has 0 saturated heterocycles. The molecule has 0 unspecified atom stereocenters. The monoisotopic (exact) mass is 159 g/mol. The van der Waals surface area contributed by atoms with Gasteiger partial charge in [0.2, 0.25) is 5.91 Å². The number of carbonyl (C=O) groups is 2. The summed E-state index contributed by atoms with van der Waals surface area (Å²) in [5.74, 6) is -0.343. The second-order valence-corrected chi connectivity index (χ2v) is 3.20. The van der Waals surface area contributed by atoms with Crippen molar-refractivity contribution < 1.29 is 14.3 Å². The minimum absolute atomic E-state index is 0.343. The lowest BCUT2D eigenvalue weighted by molar-refractivity contribution is -0.127. The molecule has 1 N–H and O–H groups in total. The lowest BCUT2D eigenvalue weighted by atomic mass is 9.96. The number of carbonyl (C=O) groups excluding carboxylic acids is 2. The molecular weight excluding hydrogens is 146 g/mol. The fourth-order valence-electron chi connectivity index (χ4n) is 0.331. The first-order chi connectivity index (χ1) is 4.88. The SMILES string of the molecule is COC(=O)NC(=O)C(C)(C)C. The zero-order valence-electron chi connectivity index (χ0n) is 7.22. The summed E-state index contributed by atoms with van der Waals surface area (Å²) in [6, 6.07) is 0. The molecule has 0 heterocycles. The van der Waals surface area contributed by atoms with Gasteiger partial charge in [0.05, 0.1) is 7.11 Å². The van der Waals surface area contributed by atoms with Gasteiger partial charge in [0.1, 0.15) is 0 Å². The Morgan fingerprint density at radius 1 is 1.27 bits per heavy atom. The summed E-state index contributed by atoms with van der Waals surface area (Å²) in [6.45, 7) is 5.14. The Morgan fingerprint density at radius 3 is 2.00 bits per heavy atom. The number of ether oxygens (including phenoxy) is 1. The summed E-state index contributed by atoms with van der Waals surface area (Å²) in [5.41, 5.74) is -0.561. The quantitative estimate of drug-likeness (QED) is 0.571. The van der Waals surface area contributed by atoms with Crippen molar-refractivity contribution in [3.05, 3.63) is 0 Å². The molecule has 4 heteroatoms. The minimum atomic E-state index is -0.718. The lowest BCUT2D eigenvalue weighted by Crippen LogP contribution is -2.38. The second-order valence-electron chi connectivity index (χ2n) is 3.20. The van der Waals surface area contributed by atoms with Crippen LogP contribution in [0.5, 0.6) is 0 Å². The lowest BCUT2D eigenvalue weighted by Gasteiger charge is -2.15. The molecule has 0 fully saturated rings. The van der Waals surface area contributed by atoms with Crippen LogP contribution in [0.2, 0.25) is 0 Å². The maximum Gasteiger partial charge on any atom is 0.413 e. The third-order valence-corrected chi connectivity index (χ3v) is 1.08. The average Bonchev–Trinajstić information content (AvgIpc) is 1.85. The van der Waals surface area contributed by atoms with E-state index in [1.807, 2.05) is 0 Å². The van der Waals surface area contributed by atoms with Crippen LogP contribution in [0.3, 0.4) is 0 Å². The van der Waals surface area contributed by atoms with Crippen molar-refractivity contribution in [3.8, 4) is 0 Å². The summed E-state index contributed by atoms with van der Waals surface area (Å²) in [7, 11) is 1.21. The van der Waals surface area contributed by atoms with Crippen LogP contribution in [0.15, 0.2) is 0 Å². The van der Waals surface area contributed by atoms with Crippen molar-refractivity contribution in [2.24, 2.45) is 5.41 Å². The van der Waals surface area contributed by atoms with Crippen molar-refractivity contribution in [1.29, 1.82) is 0 Å². The Kier molecular flexibility index (Phi) is 3.04. The molecular formula is C7H13NO3. The fourth-order valence-corrected chi connectivity index (χ4v) is 0.331. The topological polar surface area (TPSA) is 55.4 Å². The number of hydrogen-bond donors (Lipinski definition) is 1. The third-order valence-electron chi connectivity index (χ3n) is 1.08. The molecule has 0 aromatic heterocycles. The number of methoxy groups -OCH3 is 1. The highest BCUT2D eigenvalue weighted by atomic mass is 16.5. The highest BCUT2D eigenvalue weighted by Gasteiger charge is 2.23. The maximum absolute atomic E-state index is 11.0. The molecule has 0 aromatic carbocycles. The van der Waals surface area contributed by atoms with E-state index < -0.39 is 11.5 Å². The van der Waals surface area contributed by atoms with Gasteiger partial charge in [0.15, 0.2) is 0 Å². The van der Waals surface area contributed by atoms with Crippen LogP contribution in [-0.2, 0) is 9.53 Å². The van der Waals surface area contributed by atoms with Gasteiger partial charge < -0.3 is 4.74 Å². The van der Waals surface area contributed by atoms with Gasteiger partial charge in [-0.25, -0.2) is 4.79 Å². The van der Waals surface area contributed by atoms with Crippen LogP contribution in [0.1, 0.15) is 20.8 Å². The average molecular weight is 159 g/mol. The Labute approximate surface area is 65.9 Å². The molecule has 64 valence electrons. The van der Waals surface area contributed by atoms with E-state index in [0.29, 0.717) is 0 Å². The molecule has 0 aliphatic rings. The normalized spacial score (nSPS) is 10.5. The predicted molar refractivity (Wildman–Crippen MR) is 40.0 cm³/mol. The van der Waals surface area contributed by atoms with Crippen molar-refractivity contribution in [2.45, 2.75) is 20.8 Å². The van der Waals surface area contributed by atoms with E-state index in [1.54, 1.807) is 20.8 Å². The summed E-state index contributed by atoms with van der Waals surface area (Å²) < 4.78 is 4.25. The molecule has 0 aliphatic carbocycles. The van der Waals surface area contributed by atoms with Crippen LogP contribution in [0, 0.1) is 5.41 Å². The first-order valence-electron chi connectivity index (χ1n) is 3.27. The highest BCUT2D eigenvalue weighted by Crippen LogP contribution is 2.12. The number of amides is 2.